The van der Waals surface area contributed by atoms with Crippen LogP contribution in [0.2, 0.25) is 0 Å². The predicted octanol–water partition coefficient (Wildman–Crippen LogP) is 3.52. The molecule has 0 atom stereocenters. The third kappa shape index (κ3) is 3.74. The number of carbonyl (C=O) groups excluding carboxylic acids is 1. The quantitative estimate of drug-likeness (QED) is 0.904. The van der Waals surface area contributed by atoms with Crippen LogP contribution in [0.5, 0.6) is 5.75 Å². The normalized spacial score (nSPS) is 9.57. The number of anilines is 2. The Kier molecular flexibility index (Phi) is 4.42. The molecule has 0 saturated carbocycles. The summed E-state index contributed by atoms with van der Waals surface area (Å²) in [5.74, 6) is 0.741. The van der Waals surface area contributed by atoms with E-state index in [4.69, 9.17) is 10.00 Å². The van der Waals surface area contributed by atoms with Crippen molar-refractivity contribution in [1.29, 1.82) is 5.26 Å². The molecule has 0 aliphatic carbocycles. The Morgan fingerprint density at radius 2 is 1.86 bits per heavy atom. The van der Waals surface area contributed by atoms with Crippen LogP contribution in [-0.2, 0) is 0 Å². The molecule has 0 spiro atoms. The number of hydrogen-bond donors (Lipinski definition) is 2. The van der Waals surface area contributed by atoms with Gasteiger partial charge in [0.1, 0.15) is 5.75 Å². The summed E-state index contributed by atoms with van der Waals surface area (Å²) in [6.45, 7) is 1.89. The van der Waals surface area contributed by atoms with Crippen molar-refractivity contribution in [3.05, 3.63) is 53.6 Å². The summed E-state index contributed by atoms with van der Waals surface area (Å²) in [4.78, 5) is 11.9. The average molecular weight is 281 g/mol. The number of ether oxygens (including phenoxy) is 1. The van der Waals surface area contributed by atoms with Crippen molar-refractivity contribution < 1.29 is 9.53 Å². The highest BCUT2D eigenvalue weighted by molar-refractivity contribution is 6.00. The molecule has 21 heavy (non-hydrogen) atoms. The predicted molar refractivity (Wildman–Crippen MR) is 81.5 cm³/mol. The van der Waals surface area contributed by atoms with E-state index in [1.165, 1.54) is 0 Å². The van der Waals surface area contributed by atoms with Crippen molar-refractivity contribution in [2.24, 2.45) is 0 Å². The fraction of sp³-hybridized carbons (Fsp3) is 0.125. The maximum Gasteiger partial charge on any atom is 0.323 e. The van der Waals surface area contributed by atoms with Gasteiger partial charge in [0.05, 0.1) is 18.7 Å². The lowest BCUT2D eigenvalue weighted by atomic mass is 10.2. The molecule has 5 heteroatoms. The Labute approximate surface area is 123 Å². The van der Waals surface area contributed by atoms with Crippen LogP contribution in [0, 0.1) is 18.3 Å². The number of nitrogens with one attached hydrogen (secondary N) is 2. The number of benzene rings is 2. The molecule has 0 aromatic heterocycles. The van der Waals surface area contributed by atoms with Gasteiger partial charge in [-0.15, -0.1) is 0 Å². The number of hydrogen-bond acceptors (Lipinski definition) is 3. The van der Waals surface area contributed by atoms with E-state index >= 15 is 0 Å². The van der Waals surface area contributed by atoms with E-state index < -0.39 is 0 Å². The molecule has 0 aliphatic heterocycles. The third-order valence-electron chi connectivity index (χ3n) is 2.95. The van der Waals surface area contributed by atoms with Gasteiger partial charge >= 0.3 is 6.03 Å². The molecule has 2 amide bonds. The molecular formula is C16H15N3O2. The number of amides is 2. The van der Waals surface area contributed by atoms with Gasteiger partial charge in [-0.05, 0) is 55.0 Å². The van der Waals surface area contributed by atoms with Crippen LogP contribution in [0.3, 0.4) is 0 Å². The number of urea groups is 1. The first-order chi connectivity index (χ1) is 10.1. The molecule has 0 aliphatic rings. The van der Waals surface area contributed by atoms with E-state index in [-0.39, 0.29) is 6.03 Å². The van der Waals surface area contributed by atoms with Crippen molar-refractivity contribution in [3.63, 3.8) is 0 Å². The number of nitrogens with zero attached hydrogens (tertiary/aromatic N) is 1. The van der Waals surface area contributed by atoms with Gasteiger partial charge in [-0.2, -0.15) is 5.26 Å². The molecule has 2 N–H and O–H groups in total. The van der Waals surface area contributed by atoms with Crippen LogP contribution in [0.1, 0.15) is 11.1 Å². The SMILES string of the molecule is COc1ccc(NC(=O)Nc2ccc(C#N)cc2)c(C)c1. The number of aryl methyl sites for hydroxylation is 1. The number of nitriles is 1. The van der Waals surface area contributed by atoms with Crippen molar-refractivity contribution in [2.45, 2.75) is 6.92 Å². The molecule has 0 radical (unpaired) electrons. The molecule has 0 fully saturated rings. The zero-order valence-electron chi connectivity index (χ0n) is 11.8. The maximum atomic E-state index is 11.9. The van der Waals surface area contributed by atoms with Gasteiger partial charge in [-0.3, -0.25) is 0 Å². The number of methoxy groups -OCH3 is 1. The molecule has 0 heterocycles. The minimum Gasteiger partial charge on any atom is -0.497 e. The molecular weight excluding hydrogens is 266 g/mol. The molecule has 0 saturated heterocycles. The van der Waals surface area contributed by atoms with Crippen LogP contribution in [0.4, 0.5) is 16.2 Å². The van der Waals surface area contributed by atoms with Gasteiger partial charge in [0.15, 0.2) is 0 Å². The zero-order chi connectivity index (χ0) is 15.2. The van der Waals surface area contributed by atoms with Crippen molar-refractivity contribution >= 4 is 17.4 Å². The summed E-state index contributed by atoms with van der Waals surface area (Å²) < 4.78 is 5.12. The monoisotopic (exact) mass is 281 g/mol. The second kappa shape index (κ2) is 6.44. The zero-order valence-corrected chi connectivity index (χ0v) is 11.8. The topological polar surface area (TPSA) is 74.2 Å². The molecule has 106 valence electrons. The van der Waals surface area contributed by atoms with Crippen molar-refractivity contribution in [3.8, 4) is 11.8 Å². The standard InChI is InChI=1S/C16H15N3O2/c1-11-9-14(21-2)7-8-15(11)19-16(20)18-13-5-3-12(10-17)4-6-13/h3-9H,1-2H3,(H2,18,19,20). The summed E-state index contributed by atoms with van der Waals surface area (Å²) in [7, 11) is 1.60. The summed E-state index contributed by atoms with van der Waals surface area (Å²) in [5, 5.41) is 14.2. The van der Waals surface area contributed by atoms with E-state index in [0.29, 0.717) is 16.9 Å². The Balaban J connectivity index is 2.02. The summed E-state index contributed by atoms with van der Waals surface area (Å²) in [6, 6.07) is 13.7. The Hall–Kier alpha value is -3.00. The van der Waals surface area contributed by atoms with Gasteiger partial charge < -0.3 is 15.4 Å². The highest BCUT2D eigenvalue weighted by Gasteiger charge is 2.06. The Morgan fingerprint density at radius 3 is 2.43 bits per heavy atom. The Morgan fingerprint density at radius 1 is 1.14 bits per heavy atom. The number of rotatable bonds is 3. The first-order valence-corrected chi connectivity index (χ1v) is 6.35. The second-order valence-corrected chi connectivity index (χ2v) is 4.45. The molecule has 5 nitrogen and oxygen atoms in total. The lowest BCUT2D eigenvalue weighted by Crippen LogP contribution is -2.19. The molecule has 0 bridgehead atoms. The smallest absolute Gasteiger partial charge is 0.323 e. The maximum absolute atomic E-state index is 11.9. The summed E-state index contributed by atoms with van der Waals surface area (Å²) >= 11 is 0. The van der Waals surface area contributed by atoms with Gasteiger partial charge in [0, 0.05) is 11.4 Å². The minimum atomic E-state index is -0.340. The first kappa shape index (κ1) is 14.4. The van der Waals surface area contributed by atoms with Crippen LogP contribution in [0.25, 0.3) is 0 Å². The Bertz CT molecular complexity index is 688. The fourth-order valence-electron chi connectivity index (χ4n) is 1.82. The third-order valence-corrected chi connectivity index (χ3v) is 2.95. The lowest BCUT2D eigenvalue weighted by Gasteiger charge is -2.11. The van der Waals surface area contributed by atoms with E-state index in [0.717, 1.165) is 11.3 Å². The van der Waals surface area contributed by atoms with Crippen molar-refractivity contribution in [1.82, 2.24) is 0 Å². The average Bonchev–Trinajstić information content (AvgIpc) is 2.50. The lowest BCUT2D eigenvalue weighted by molar-refractivity contribution is 0.262. The second-order valence-electron chi connectivity index (χ2n) is 4.45. The number of carbonyl (C=O) groups is 1. The molecule has 2 aromatic rings. The van der Waals surface area contributed by atoms with Crippen LogP contribution >= 0.6 is 0 Å². The van der Waals surface area contributed by atoms with Crippen LogP contribution in [0.15, 0.2) is 42.5 Å². The molecule has 2 aromatic carbocycles. The molecule has 2 rings (SSSR count). The van der Waals surface area contributed by atoms with Gasteiger partial charge in [-0.1, -0.05) is 0 Å². The van der Waals surface area contributed by atoms with Crippen molar-refractivity contribution in [2.75, 3.05) is 17.7 Å². The first-order valence-electron chi connectivity index (χ1n) is 6.35. The largest absolute Gasteiger partial charge is 0.497 e. The minimum absolute atomic E-state index is 0.340. The highest BCUT2D eigenvalue weighted by atomic mass is 16.5. The fourth-order valence-corrected chi connectivity index (χ4v) is 1.82. The van der Waals surface area contributed by atoms with Gasteiger partial charge in [0.2, 0.25) is 0 Å². The van der Waals surface area contributed by atoms with Crippen LogP contribution in [-0.4, -0.2) is 13.1 Å². The molecule has 0 unspecified atom stereocenters. The van der Waals surface area contributed by atoms with E-state index in [1.807, 2.05) is 19.1 Å². The van der Waals surface area contributed by atoms with Gasteiger partial charge in [0.25, 0.3) is 0 Å². The highest BCUT2D eigenvalue weighted by Crippen LogP contribution is 2.21. The summed E-state index contributed by atoms with van der Waals surface area (Å²) in [5.41, 5.74) is 2.79. The van der Waals surface area contributed by atoms with Crippen LogP contribution < -0.4 is 15.4 Å². The van der Waals surface area contributed by atoms with Gasteiger partial charge in [-0.25, -0.2) is 4.79 Å². The van der Waals surface area contributed by atoms with E-state index in [2.05, 4.69) is 10.6 Å². The summed E-state index contributed by atoms with van der Waals surface area (Å²) in [6.07, 6.45) is 0. The van der Waals surface area contributed by atoms with E-state index in [1.54, 1.807) is 43.5 Å². The van der Waals surface area contributed by atoms with E-state index in [9.17, 15) is 4.79 Å².